The molecule has 5 nitrogen and oxygen atoms in total. The van der Waals surface area contributed by atoms with Crippen molar-refractivity contribution in [2.45, 2.75) is 26.2 Å². The lowest BCUT2D eigenvalue weighted by atomic mass is 10.1. The number of phenols is 1. The van der Waals surface area contributed by atoms with E-state index in [1.807, 2.05) is 19.1 Å². The van der Waals surface area contributed by atoms with Crippen molar-refractivity contribution in [3.8, 4) is 17.0 Å². The van der Waals surface area contributed by atoms with Gasteiger partial charge in [0.05, 0.1) is 11.3 Å². The van der Waals surface area contributed by atoms with E-state index in [4.69, 9.17) is 0 Å². The third-order valence-electron chi connectivity index (χ3n) is 4.76. The maximum absolute atomic E-state index is 13.0. The van der Waals surface area contributed by atoms with Crippen molar-refractivity contribution in [2.75, 3.05) is 13.6 Å². The summed E-state index contributed by atoms with van der Waals surface area (Å²) in [5, 5.41) is 17.3. The Hall–Kier alpha value is -3.15. The number of aromatic amines is 1. The molecule has 2 aromatic carbocycles. The van der Waals surface area contributed by atoms with Crippen LogP contribution in [0, 0.1) is 5.82 Å². The molecule has 1 aromatic heterocycles. The van der Waals surface area contributed by atoms with Gasteiger partial charge in [-0.2, -0.15) is 5.10 Å². The maximum Gasteiger partial charge on any atom is 0.257 e. The van der Waals surface area contributed by atoms with Gasteiger partial charge in [0.2, 0.25) is 0 Å². The van der Waals surface area contributed by atoms with Crippen LogP contribution in [-0.2, 0) is 12.8 Å². The summed E-state index contributed by atoms with van der Waals surface area (Å²) in [7, 11) is 1.73. The molecule has 1 heterocycles. The van der Waals surface area contributed by atoms with Gasteiger partial charge in [-0.1, -0.05) is 13.0 Å². The van der Waals surface area contributed by atoms with Gasteiger partial charge in [-0.15, -0.1) is 0 Å². The maximum atomic E-state index is 13.0. The Morgan fingerprint density at radius 2 is 1.93 bits per heavy atom. The van der Waals surface area contributed by atoms with E-state index in [2.05, 4.69) is 10.2 Å². The van der Waals surface area contributed by atoms with Gasteiger partial charge < -0.3 is 10.0 Å². The van der Waals surface area contributed by atoms with Crippen LogP contribution in [0.2, 0.25) is 0 Å². The van der Waals surface area contributed by atoms with Gasteiger partial charge in [0.1, 0.15) is 11.6 Å². The number of aryl methyl sites for hydroxylation is 2. The average Bonchev–Trinajstić information content (AvgIpc) is 3.17. The van der Waals surface area contributed by atoms with Crippen LogP contribution in [-0.4, -0.2) is 39.7 Å². The number of H-pyrrole nitrogens is 1. The topological polar surface area (TPSA) is 69.2 Å². The first-order chi connectivity index (χ1) is 13.5. The van der Waals surface area contributed by atoms with Crippen LogP contribution in [0.15, 0.2) is 48.5 Å². The first-order valence-corrected chi connectivity index (χ1v) is 9.35. The zero-order valence-corrected chi connectivity index (χ0v) is 16.1. The minimum atomic E-state index is -0.275. The van der Waals surface area contributed by atoms with Crippen molar-refractivity contribution in [2.24, 2.45) is 0 Å². The highest BCUT2D eigenvalue weighted by Gasteiger charge is 2.16. The molecule has 3 aromatic rings. The molecule has 0 aliphatic rings. The fraction of sp³-hybridized carbons (Fsp3) is 0.273. The zero-order chi connectivity index (χ0) is 20.1. The quantitative estimate of drug-likeness (QED) is 0.645. The summed E-state index contributed by atoms with van der Waals surface area (Å²) in [6.45, 7) is 2.56. The van der Waals surface area contributed by atoms with Crippen LogP contribution in [0.3, 0.4) is 0 Å². The van der Waals surface area contributed by atoms with Gasteiger partial charge in [0.25, 0.3) is 5.91 Å². The van der Waals surface area contributed by atoms with Crippen molar-refractivity contribution in [1.82, 2.24) is 15.1 Å². The molecule has 0 aliphatic carbocycles. The summed E-state index contributed by atoms with van der Waals surface area (Å²) < 4.78 is 13.0. The van der Waals surface area contributed by atoms with Crippen molar-refractivity contribution < 1.29 is 14.3 Å². The number of hydrogen-bond donors (Lipinski definition) is 2. The van der Waals surface area contributed by atoms with Crippen LogP contribution in [0.25, 0.3) is 11.3 Å². The smallest absolute Gasteiger partial charge is 0.257 e. The van der Waals surface area contributed by atoms with Gasteiger partial charge >= 0.3 is 0 Å². The predicted octanol–water partition coefficient (Wildman–Crippen LogP) is 4.19. The first kappa shape index (κ1) is 19.6. The largest absolute Gasteiger partial charge is 0.507 e. The minimum Gasteiger partial charge on any atom is -0.507 e. The number of nitrogens with zero attached hydrogens (tertiary/aromatic N) is 2. The highest BCUT2D eigenvalue weighted by molar-refractivity contribution is 5.96. The summed E-state index contributed by atoms with van der Waals surface area (Å²) in [5.74, 6) is -0.460. The lowest BCUT2D eigenvalue weighted by molar-refractivity contribution is 0.0790. The van der Waals surface area contributed by atoms with Crippen molar-refractivity contribution in [1.29, 1.82) is 0 Å². The molecule has 0 radical (unpaired) electrons. The molecule has 0 aliphatic heterocycles. The number of halogens is 1. The number of phenolic OH excluding ortho intramolecular Hbond substituents is 1. The Morgan fingerprint density at radius 1 is 1.18 bits per heavy atom. The Morgan fingerprint density at radius 3 is 2.64 bits per heavy atom. The van der Waals surface area contributed by atoms with Crippen LogP contribution in [0.1, 0.15) is 35.0 Å². The molecule has 0 fully saturated rings. The third-order valence-corrected chi connectivity index (χ3v) is 4.76. The number of nitrogens with one attached hydrogen (secondary N) is 1. The standard InChI is InChI=1S/C22H24FN3O2/c1-3-15-6-11-21(27)19(13-15)22(28)26(2)12-4-5-18-14-20(25-24-18)16-7-9-17(23)10-8-16/h6-11,13-14,27H,3-5,12H2,1-2H3,(H,24,25). The molecule has 2 N–H and O–H groups in total. The van der Waals surface area contributed by atoms with E-state index in [1.54, 1.807) is 36.2 Å². The fourth-order valence-corrected chi connectivity index (χ4v) is 3.05. The predicted molar refractivity (Wildman–Crippen MR) is 107 cm³/mol. The molecule has 6 heteroatoms. The van der Waals surface area contributed by atoms with Crippen LogP contribution in [0.4, 0.5) is 4.39 Å². The average molecular weight is 381 g/mol. The SMILES string of the molecule is CCc1ccc(O)c(C(=O)N(C)CCCc2cc(-c3ccc(F)cc3)n[nH]2)c1. The summed E-state index contributed by atoms with van der Waals surface area (Å²) in [6.07, 6.45) is 2.29. The third kappa shape index (κ3) is 4.57. The molecule has 0 spiro atoms. The number of hydrogen-bond acceptors (Lipinski definition) is 3. The molecule has 28 heavy (non-hydrogen) atoms. The fourth-order valence-electron chi connectivity index (χ4n) is 3.05. The number of rotatable bonds is 7. The van der Waals surface area contributed by atoms with E-state index in [-0.39, 0.29) is 17.5 Å². The van der Waals surface area contributed by atoms with Gasteiger partial charge in [-0.3, -0.25) is 9.89 Å². The summed E-state index contributed by atoms with van der Waals surface area (Å²) in [5.41, 5.74) is 3.92. The Kier molecular flexibility index (Phi) is 6.09. The molecule has 0 unspecified atom stereocenters. The van der Waals surface area contributed by atoms with Gasteiger partial charge in [-0.05, 0) is 67.3 Å². The molecule has 1 amide bonds. The minimum absolute atomic E-state index is 0.00607. The van der Waals surface area contributed by atoms with Crippen LogP contribution < -0.4 is 0 Å². The summed E-state index contributed by atoms with van der Waals surface area (Å²) >= 11 is 0. The van der Waals surface area contributed by atoms with Crippen molar-refractivity contribution >= 4 is 5.91 Å². The second kappa shape index (κ2) is 8.69. The summed E-state index contributed by atoms with van der Waals surface area (Å²) in [4.78, 5) is 14.2. The Bertz CT molecular complexity index is 951. The molecule has 0 saturated heterocycles. The van der Waals surface area contributed by atoms with E-state index < -0.39 is 0 Å². The molecule has 3 rings (SSSR count). The molecular formula is C22H24FN3O2. The highest BCUT2D eigenvalue weighted by Crippen LogP contribution is 2.21. The van der Waals surface area contributed by atoms with Crippen molar-refractivity contribution in [3.05, 3.63) is 71.2 Å². The van der Waals surface area contributed by atoms with E-state index in [9.17, 15) is 14.3 Å². The molecule has 146 valence electrons. The summed E-state index contributed by atoms with van der Waals surface area (Å²) in [6, 6.07) is 13.3. The number of aromatic nitrogens is 2. The monoisotopic (exact) mass is 381 g/mol. The van der Waals surface area contributed by atoms with Crippen LogP contribution in [0.5, 0.6) is 5.75 Å². The Balaban J connectivity index is 1.56. The number of benzene rings is 2. The lowest BCUT2D eigenvalue weighted by Crippen LogP contribution is -2.28. The molecular weight excluding hydrogens is 357 g/mol. The van der Waals surface area contributed by atoms with Gasteiger partial charge in [0, 0.05) is 24.8 Å². The second-order valence-corrected chi connectivity index (χ2v) is 6.82. The molecule has 0 saturated carbocycles. The van der Waals surface area contributed by atoms with Gasteiger partial charge in [-0.25, -0.2) is 4.39 Å². The number of amides is 1. The number of carbonyl (C=O) groups is 1. The van der Waals surface area contributed by atoms with Gasteiger partial charge in [0.15, 0.2) is 0 Å². The number of aromatic hydroxyl groups is 1. The molecule has 0 atom stereocenters. The Labute approximate surface area is 163 Å². The van der Waals surface area contributed by atoms with Crippen LogP contribution >= 0.6 is 0 Å². The van der Waals surface area contributed by atoms with Crippen molar-refractivity contribution in [3.63, 3.8) is 0 Å². The number of carbonyl (C=O) groups excluding carboxylic acids is 1. The van der Waals surface area contributed by atoms with E-state index >= 15 is 0 Å². The normalized spacial score (nSPS) is 10.8. The van der Waals surface area contributed by atoms with E-state index in [0.717, 1.165) is 41.8 Å². The lowest BCUT2D eigenvalue weighted by Gasteiger charge is -2.18. The molecule has 0 bridgehead atoms. The second-order valence-electron chi connectivity index (χ2n) is 6.82. The highest BCUT2D eigenvalue weighted by atomic mass is 19.1. The zero-order valence-electron chi connectivity index (χ0n) is 16.1. The van der Waals surface area contributed by atoms with E-state index in [1.165, 1.54) is 12.1 Å². The van der Waals surface area contributed by atoms with E-state index in [0.29, 0.717) is 12.1 Å². The first-order valence-electron chi connectivity index (χ1n) is 9.35.